The summed E-state index contributed by atoms with van der Waals surface area (Å²) in [6, 6.07) is 29.9. The summed E-state index contributed by atoms with van der Waals surface area (Å²) in [6.45, 7) is 0.421. The van der Waals surface area contributed by atoms with Crippen LogP contribution in [0.1, 0.15) is 21.6 Å². The van der Waals surface area contributed by atoms with Crippen molar-refractivity contribution >= 4 is 21.6 Å². The molecule has 1 aromatic heterocycles. The van der Waals surface area contributed by atoms with Crippen LogP contribution in [0.4, 0.5) is 5.69 Å². The van der Waals surface area contributed by atoms with Crippen molar-refractivity contribution in [1.82, 2.24) is 10.3 Å². The second-order valence-electron chi connectivity index (χ2n) is 7.36. The minimum absolute atomic E-state index is 0.0489. The molecule has 0 saturated carbocycles. The number of hydrogen-bond donors (Lipinski definition) is 1. The largest absolute Gasteiger partial charge is 0.346 e. The predicted molar refractivity (Wildman–Crippen MR) is 128 cm³/mol. The number of amides is 1. The average molecular weight is 458 g/mol. The number of aromatic nitrogens is 1. The van der Waals surface area contributed by atoms with Crippen LogP contribution in [-0.2, 0) is 23.1 Å². The van der Waals surface area contributed by atoms with Gasteiger partial charge in [0.25, 0.3) is 15.9 Å². The van der Waals surface area contributed by atoms with Crippen LogP contribution < -0.4 is 9.62 Å². The van der Waals surface area contributed by atoms with E-state index in [2.05, 4.69) is 10.3 Å². The third-order valence-corrected chi connectivity index (χ3v) is 6.82. The third-order valence-electron chi connectivity index (χ3n) is 5.05. The van der Waals surface area contributed by atoms with E-state index in [0.717, 1.165) is 5.56 Å². The number of carbonyl (C=O) groups excluding carboxylic acids is 1. The Balaban J connectivity index is 1.62. The van der Waals surface area contributed by atoms with Gasteiger partial charge in [0.05, 0.1) is 29.4 Å². The number of benzene rings is 3. The summed E-state index contributed by atoms with van der Waals surface area (Å²) in [4.78, 5) is 16.9. The van der Waals surface area contributed by atoms with Crippen LogP contribution >= 0.6 is 0 Å². The smallest absolute Gasteiger partial charge is 0.264 e. The van der Waals surface area contributed by atoms with Crippen LogP contribution in [0, 0.1) is 0 Å². The fourth-order valence-corrected chi connectivity index (χ4v) is 4.86. The first kappa shape index (κ1) is 22.2. The maximum atomic E-state index is 13.7. The topological polar surface area (TPSA) is 79.4 Å². The minimum atomic E-state index is -3.93. The number of pyridine rings is 1. The van der Waals surface area contributed by atoms with Crippen molar-refractivity contribution in [3.8, 4) is 0 Å². The second-order valence-corrected chi connectivity index (χ2v) is 9.23. The summed E-state index contributed by atoms with van der Waals surface area (Å²) in [7, 11) is -3.93. The quantitative estimate of drug-likeness (QED) is 0.425. The first-order chi connectivity index (χ1) is 16.0. The van der Waals surface area contributed by atoms with Gasteiger partial charge in [0.1, 0.15) is 0 Å². The summed E-state index contributed by atoms with van der Waals surface area (Å²) in [5.41, 5.74) is 2.38. The molecule has 1 heterocycles. The fourth-order valence-electron chi connectivity index (χ4n) is 3.36. The van der Waals surface area contributed by atoms with Gasteiger partial charge in [-0.05, 0) is 48.0 Å². The molecule has 0 bridgehead atoms. The zero-order valence-electron chi connectivity index (χ0n) is 17.8. The fraction of sp³-hybridized carbons (Fsp3) is 0.0769. The molecule has 3 aromatic carbocycles. The van der Waals surface area contributed by atoms with E-state index < -0.39 is 10.0 Å². The van der Waals surface area contributed by atoms with Crippen molar-refractivity contribution in [2.45, 2.75) is 18.0 Å². The maximum Gasteiger partial charge on any atom is 0.264 e. The Hall–Kier alpha value is -3.97. The maximum absolute atomic E-state index is 13.7. The molecule has 1 N–H and O–H groups in total. The van der Waals surface area contributed by atoms with Crippen LogP contribution in [0.3, 0.4) is 0 Å². The summed E-state index contributed by atoms with van der Waals surface area (Å²) in [5, 5.41) is 2.78. The van der Waals surface area contributed by atoms with Gasteiger partial charge in [-0.3, -0.25) is 14.1 Å². The molecule has 4 rings (SSSR count). The highest BCUT2D eigenvalue weighted by Gasteiger charge is 2.26. The van der Waals surface area contributed by atoms with E-state index in [4.69, 9.17) is 0 Å². The van der Waals surface area contributed by atoms with E-state index in [9.17, 15) is 13.2 Å². The summed E-state index contributed by atoms with van der Waals surface area (Å²) in [5.74, 6) is -0.368. The molecule has 166 valence electrons. The molecule has 0 radical (unpaired) electrons. The molecular weight excluding hydrogens is 434 g/mol. The molecule has 1 amide bonds. The van der Waals surface area contributed by atoms with E-state index in [0.29, 0.717) is 11.4 Å². The van der Waals surface area contributed by atoms with Gasteiger partial charge in [-0.1, -0.05) is 60.7 Å². The molecular formula is C26H23N3O3S. The lowest BCUT2D eigenvalue weighted by molar-refractivity contribution is 0.0950. The lowest BCUT2D eigenvalue weighted by atomic mass is 10.2. The number of para-hydroxylation sites is 1. The number of rotatable bonds is 8. The Morgan fingerprint density at radius 1 is 0.818 bits per heavy atom. The van der Waals surface area contributed by atoms with Crippen molar-refractivity contribution in [3.05, 3.63) is 126 Å². The summed E-state index contributed by atoms with van der Waals surface area (Å²) >= 11 is 0. The van der Waals surface area contributed by atoms with Crippen LogP contribution in [0.25, 0.3) is 0 Å². The van der Waals surface area contributed by atoms with Crippen LogP contribution in [-0.4, -0.2) is 19.3 Å². The third kappa shape index (κ3) is 5.45. The van der Waals surface area contributed by atoms with Gasteiger partial charge in [0.15, 0.2) is 0 Å². The van der Waals surface area contributed by atoms with Gasteiger partial charge < -0.3 is 5.32 Å². The highest BCUT2D eigenvalue weighted by Crippen LogP contribution is 2.26. The monoisotopic (exact) mass is 457 g/mol. The predicted octanol–water partition coefficient (Wildman–Crippen LogP) is 4.41. The Labute approximate surface area is 193 Å². The molecule has 6 nitrogen and oxygen atoms in total. The molecule has 4 aromatic rings. The van der Waals surface area contributed by atoms with Crippen molar-refractivity contribution in [3.63, 3.8) is 0 Å². The molecule has 0 aliphatic carbocycles. The van der Waals surface area contributed by atoms with Gasteiger partial charge in [-0.15, -0.1) is 0 Å². The highest BCUT2D eigenvalue weighted by atomic mass is 32.2. The van der Waals surface area contributed by atoms with E-state index in [1.54, 1.807) is 48.7 Å². The molecule has 0 fully saturated rings. The molecule has 0 aliphatic heterocycles. The Morgan fingerprint density at radius 2 is 1.52 bits per heavy atom. The molecule has 0 unspecified atom stereocenters. The van der Waals surface area contributed by atoms with E-state index in [1.165, 1.54) is 16.4 Å². The van der Waals surface area contributed by atoms with Crippen molar-refractivity contribution in [2.75, 3.05) is 4.31 Å². The normalized spacial score (nSPS) is 11.0. The SMILES string of the molecule is O=C(NCc1ccccn1)c1cccc(S(=O)(=O)N(Cc2ccccc2)c2ccccc2)c1. The number of sulfonamides is 1. The minimum Gasteiger partial charge on any atom is -0.346 e. The van der Waals surface area contributed by atoms with Crippen molar-refractivity contribution in [2.24, 2.45) is 0 Å². The van der Waals surface area contributed by atoms with Gasteiger partial charge in [0.2, 0.25) is 0 Å². The second kappa shape index (κ2) is 10.1. The van der Waals surface area contributed by atoms with E-state index in [-0.39, 0.29) is 29.5 Å². The zero-order valence-corrected chi connectivity index (χ0v) is 18.7. The molecule has 0 spiro atoms. The number of hydrogen-bond acceptors (Lipinski definition) is 4. The van der Waals surface area contributed by atoms with Gasteiger partial charge in [0, 0.05) is 11.8 Å². The number of nitrogens with zero attached hydrogens (tertiary/aromatic N) is 2. The van der Waals surface area contributed by atoms with Gasteiger partial charge in [-0.25, -0.2) is 8.42 Å². The molecule has 0 atom stereocenters. The summed E-state index contributed by atoms with van der Waals surface area (Å²) in [6.07, 6.45) is 1.65. The van der Waals surface area contributed by atoms with E-state index in [1.807, 2.05) is 48.5 Å². The van der Waals surface area contributed by atoms with Crippen molar-refractivity contribution in [1.29, 1.82) is 0 Å². The molecule has 0 aliphatic rings. The average Bonchev–Trinajstić information content (AvgIpc) is 2.87. The first-order valence-corrected chi connectivity index (χ1v) is 11.9. The molecule has 7 heteroatoms. The van der Waals surface area contributed by atoms with Gasteiger partial charge >= 0.3 is 0 Å². The molecule has 0 saturated heterocycles. The highest BCUT2D eigenvalue weighted by molar-refractivity contribution is 7.92. The van der Waals surface area contributed by atoms with Crippen LogP contribution in [0.5, 0.6) is 0 Å². The standard InChI is InChI=1S/C26H23N3O3S/c30-26(28-19-23-13-7-8-17-27-23)22-12-9-16-25(18-22)33(31,32)29(24-14-5-2-6-15-24)20-21-10-3-1-4-11-21/h1-18H,19-20H2,(H,28,30). The van der Waals surface area contributed by atoms with Crippen molar-refractivity contribution < 1.29 is 13.2 Å². The number of nitrogens with one attached hydrogen (secondary N) is 1. The van der Waals surface area contributed by atoms with Crippen LogP contribution in [0.2, 0.25) is 0 Å². The van der Waals surface area contributed by atoms with Gasteiger partial charge in [-0.2, -0.15) is 0 Å². The number of carbonyl (C=O) groups is 1. The summed E-state index contributed by atoms with van der Waals surface area (Å²) < 4.78 is 28.7. The Bertz CT molecular complexity index is 1310. The zero-order chi connectivity index (χ0) is 23.1. The molecule has 33 heavy (non-hydrogen) atoms. The van der Waals surface area contributed by atoms with E-state index >= 15 is 0 Å². The lowest BCUT2D eigenvalue weighted by Gasteiger charge is -2.25. The van der Waals surface area contributed by atoms with Crippen LogP contribution in [0.15, 0.2) is 114 Å². The Morgan fingerprint density at radius 3 is 2.21 bits per heavy atom. The Kier molecular flexibility index (Phi) is 6.80. The first-order valence-electron chi connectivity index (χ1n) is 10.4. The number of anilines is 1. The lowest BCUT2D eigenvalue weighted by Crippen LogP contribution is -2.31.